The van der Waals surface area contributed by atoms with Gasteiger partial charge in [-0.1, -0.05) is 17.4 Å². The van der Waals surface area contributed by atoms with E-state index in [9.17, 15) is 28.7 Å². The number of fused-ring (bicyclic) bond motifs is 9. The Kier molecular flexibility index (Phi) is 5.83. The van der Waals surface area contributed by atoms with Crippen LogP contribution < -0.4 is 14.9 Å². The molecule has 3 N–H and O–H groups in total. The van der Waals surface area contributed by atoms with E-state index in [0.29, 0.717) is 11.4 Å². The van der Waals surface area contributed by atoms with Gasteiger partial charge in [0.05, 0.1) is 24.0 Å². The van der Waals surface area contributed by atoms with Crippen molar-refractivity contribution >= 4 is 46.5 Å². The fraction of sp³-hybridized carbons (Fsp3) is 0.357. The van der Waals surface area contributed by atoms with Gasteiger partial charge in [0.15, 0.2) is 11.5 Å². The number of likely N-dealkylation sites (tertiary alicyclic amines) is 1. The number of imide groups is 1. The zero-order valence-electron chi connectivity index (χ0n) is 21.1. The van der Waals surface area contributed by atoms with Crippen molar-refractivity contribution in [2.24, 2.45) is 29.6 Å². The van der Waals surface area contributed by atoms with Gasteiger partial charge in [0, 0.05) is 21.7 Å². The van der Waals surface area contributed by atoms with Crippen LogP contribution in [-0.4, -0.2) is 51.6 Å². The molecule has 3 heterocycles. The summed E-state index contributed by atoms with van der Waals surface area (Å²) in [4.78, 5) is 57.2. The second-order valence-corrected chi connectivity index (χ2v) is 12.9. The van der Waals surface area contributed by atoms with Gasteiger partial charge in [-0.05, 0) is 66.1 Å². The lowest BCUT2D eigenvalue weighted by Crippen LogP contribution is -2.42. The molecule has 3 amide bonds. The van der Waals surface area contributed by atoms with Crippen LogP contribution in [0.1, 0.15) is 22.8 Å². The first-order chi connectivity index (χ1) is 19.2. The number of carbonyl (C=O) groups excluding carboxylic acids is 3. The topological polar surface area (TPSA) is 129 Å². The molecule has 7 rings (SSSR count). The molecule has 2 aliphatic heterocycles. The van der Waals surface area contributed by atoms with Crippen molar-refractivity contribution in [1.29, 1.82) is 0 Å². The summed E-state index contributed by atoms with van der Waals surface area (Å²) in [6.45, 7) is -0.400. The number of anilines is 1. The summed E-state index contributed by atoms with van der Waals surface area (Å²) in [6.07, 6.45) is 0.718. The lowest BCUT2D eigenvalue weighted by molar-refractivity contribution is -0.143. The minimum absolute atomic E-state index is 0.00135. The van der Waals surface area contributed by atoms with Gasteiger partial charge < -0.3 is 20.1 Å². The number of thiazole rings is 1. The summed E-state index contributed by atoms with van der Waals surface area (Å²) in [5.41, 5.74) is 1.25. The number of nitrogens with one attached hydrogen (secondary N) is 2. The summed E-state index contributed by atoms with van der Waals surface area (Å²) >= 11 is 2.73. The molecule has 4 aliphatic rings. The number of thioether (sulfide) groups is 1. The average molecular weight is 582 g/mol. The Bertz CT molecular complexity index is 1620. The van der Waals surface area contributed by atoms with Crippen LogP contribution in [0.15, 0.2) is 52.3 Å². The molecular formula is C28H24FN3O6S2. The molecule has 3 aromatic rings. The van der Waals surface area contributed by atoms with Gasteiger partial charge in [0.2, 0.25) is 17.7 Å². The lowest BCUT2D eigenvalue weighted by Gasteiger charge is -2.43. The Morgan fingerprint density at radius 3 is 2.58 bits per heavy atom. The Hall–Kier alpha value is -3.64. The van der Waals surface area contributed by atoms with Gasteiger partial charge in [0.1, 0.15) is 12.4 Å². The first-order valence-corrected chi connectivity index (χ1v) is 14.6. The molecule has 206 valence electrons. The number of phenolic OH excluding ortho intramolecular Hbond substituents is 1. The summed E-state index contributed by atoms with van der Waals surface area (Å²) in [5.74, 6) is -2.76. The number of aromatic amines is 1. The second-order valence-electron chi connectivity index (χ2n) is 10.7. The maximum absolute atomic E-state index is 13.7. The normalized spacial score (nSPS) is 29.8. The molecule has 2 bridgehead atoms. The van der Waals surface area contributed by atoms with E-state index in [0.717, 1.165) is 38.1 Å². The van der Waals surface area contributed by atoms with Crippen LogP contribution in [0, 0.1) is 35.4 Å². The molecule has 3 fully saturated rings. The zero-order valence-corrected chi connectivity index (χ0v) is 22.8. The number of hydrogen-bond acceptors (Lipinski definition) is 8. The number of H-pyrrole nitrogens is 1. The van der Waals surface area contributed by atoms with E-state index in [2.05, 4.69) is 10.3 Å². The predicted molar refractivity (Wildman–Crippen MR) is 145 cm³/mol. The smallest absolute Gasteiger partial charge is 0.305 e. The molecule has 7 atom stereocenters. The average Bonchev–Trinajstić information content (AvgIpc) is 3.66. The van der Waals surface area contributed by atoms with E-state index in [1.165, 1.54) is 31.4 Å². The SMILES string of the molecule is COc1cc(C2c3sc(=O)[nH]c3SC3C4CC(C5C(=O)N(CC(=O)Nc6ccc(F)cc6)C(=O)C45)C23)ccc1O. The molecule has 40 heavy (non-hydrogen) atoms. The number of rotatable bonds is 5. The van der Waals surface area contributed by atoms with Crippen molar-refractivity contribution in [2.75, 3.05) is 19.0 Å². The van der Waals surface area contributed by atoms with Crippen molar-refractivity contribution in [3.8, 4) is 11.5 Å². The highest BCUT2D eigenvalue weighted by Gasteiger charge is 2.69. The van der Waals surface area contributed by atoms with E-state index in [4.69, 9.17) is 4.74 Å². The van der Waals surface area contributed by atoms with Gasteiger partial charge >= 0.3 is 4.87 Å². The Balaban J connectivity index is 1.20. The Morgan fingerprint density at radius 2 is 1.85 bits per heavy atom. The summed E-state index contributed by atoms with van der Waals surface area (Å²) < 4.78 is 18.6. The highest BCUT2D eigenvalue weighted by molar-refractivity contribution is 8.00. The number of ether oxygens (including phenoxy) is 1. The molecule has 9 nitrogen and oxygen atoms in total. The van der Waals surface area contributed by atoms with Crippen LogP contribution in [-0.2, 0) is 14.4 Å². The largest absolute Gasteiger partial charge is 0.504 e. The van der Waals surface area contributed by atoms with Gasteiger partial charge in [0.25, 0.3) is 0 Å². The molecule has 1 aromatic heterocycles. The third kappa shape index (κ3) is 3.72. The Labute approximate surface area is 235 Å². The molecule has 0 spiro atoms. The fourth-order valence-corrected chi connectivity index (χ4v) is 10.3. The zero-order chi connectivity index (χ0) is 27.9. The third-order valence-electron chi connectivity index (χ3n) is 8.81. The Morgan fingerprint density at radius 1 is 1.12 bits per heavy atom. The molecular weight excluding hydrogens is 557 g/mol. The van der Waals surface area contributed by atoms with Crippen LogP contribution in [0.4, 0.5) is 10.1 Å². The fourth-order valence-electron chi connectivity index (χ4n) is 7.37. The van der Waals surface area contributed by atoms with E-state index in [1.54, 1.807) is 23.9 Å². The van der Waals surface area contributed by atoms with Crippen molar-refractivity contribution in [3.05, 3.63) is 68.4 Å². The second kappa shape index (κ2) is 9.20. The molecule has 0 radical (unpaired) electrons. The minimum atomic E-state index is -0.531. The number of hydrogen-bond donors (Lipinski definition) is 3. The summed E-state index contributed by atoms with van der Waals surface area (Å²) in [5, 5.41) is 13.6. The minimum Gasteiger partial charge on any atom is -0.504 e. The number of aromatic hydroxyl groups is 1. The number of phenols is 1. The van der Waals surface area contributed by atoms with Crippen LogP contribution in [0.2, 0.25) is 0 Å². The highest BCUT2D eigenvalue weighted by Crippen LogP contribution is 2.68. The van der Waals surface area contributed by atoms with Gasteiger partial charge in [-0.3, -0.25) is 24.1 Å². The van der Waals surface area contributed by atoms with Gasteiger partial charge in [-0.2, -0.15) is 0 Å². The molecule has 2 aromatic carbocycles. The van der Waals surface area contributed by atoms with Crippen molar-refractivity contribution in [2.45, 2.75) is 22.6 Å². The number of aromatic nitrogens is 1. The van der Waals surface area contributed by atoms with Gasteiger partial charge in [-0.25, -0.2) is 4.39 Å². The number of carbonyl (C=O) groups is 3. The number of amides is 3. The predicted octanol–water partition coefficient (Wildman–Crippen LogP) is 3.40. The van der Waals surface area contributed by atoms with Gasteiger partial charge in [-0.15, -0.1) is 11.8 Å². The highest BCUT2D eigenvalue weighted by atomic mass is 32.2. The van der Waals surface area contributed by atoms with Crippen molar-refractivity contribution < 1.29 is 28.6 Å². The standard InChI is InChI=1S/C28H24FN3O6S2/c1-38-17-8-11(2-7-16(17)33)19-20-14-9-15(23(20)39-25-24(19)40-28(37)31-25)22-21(14)26(35)32(27(22)36)10-18(34)30-13-5-3-12(29)4-6-13/h2-8,14-15,19-23,33H,9-10H2,1H3,(H,30,34)(H,31,37). The van der Waals surface area contributed by atoms with Crippen LogP contribution in [0.5, 0.6) is 11.5 Å². The van der Waals surface area contributed by atoms with E-state index >= 15 is 0 Å². The number of nitrogens with zero attached hydrogens (tertiary/aromatic N) is 1. The number of benzene rings is 2. The van der Waals surface area contributed by atoms with E-state index in [1.807, 2.05) is 6.07 Å². The molecule has 7 unspecified atom stereocenters. The molecule has 12 heteroatoms. The first-order valence-electron chi connectivity index (χ1n) is 12.9. The van der Waals surface area contributed by atoms with Crippen molar-refractivity contribution in [1.82, 2.24) is 9.88 Å². The lowest BCUT2D eigenvalue weighted by atomic mass is 9.68. The van der Waals surface area contributed by atoms with Crippen LogP contribution >= 0.6 is 23.1 Å². The molecule has 1 saturated heterocycles. The third-order valence-corrected chi connectivity index (χ3v) is 11.4. The van der Waals surface area contributed by atoms with Crippen molar-refractivity contribution in [3.63, 3.8) is 0 Å². The monoisotopic (exact) mass is 581 g/mol. The maximum Gasteiger partial charge on any atom is 0.305 e. The van der Waals surface area contributed by atoms with Crippen LogP contribution in [0.25, 0.3) is 0 Å². The van der Waals surface area contributed by atoms with Crippen LogP contribution in [0.3, 0.4) is 0 Å². The quantitative estimate of drug-likeness (QED) is 0.394. The maximum atomic E-state index is 13.7. The number of methoxy groups -OCH3 is 1. The molecule has 2 aliphatic carbocycles. The first kappa shape index (κ1) is 25.3. The summed E-state index contributed by atoms with van der Waals surface area (Å²) in [6, 6.07) is 10.4. The molecule has 2 saturated carbocycles. The number of halogens is 1. The van der Waals surface area contributed by atoms with E-state index < -0.39 is 30.1 Å². The van der Waals surface area contributed by atoms with E-state index in [-0.39, 0.29) is 51.4 Å². The summed E-state index contributed by atoms with van der Waals surface area (Å²) in [7, 11) is 1.48.